The molecule has 0 spiro atoms. The second-order valence-corrected chi connectivity index (χ2v) is 7.84. The molecule has 0 aliphatic carbocycles. The summed E-state index contributed by atoms with van der Waals surface area (Å²) in [6, 6.07) is 11.0. The first-order valence-electron chi connectivity index (χ1n) is 10.4. The molecule has 1 aromatic heterocycles. The van der Waals surface area contributed by atoms with Crippen LogP contribution in [0.1, 0.15) is 31.0 Å². The molecule has 2 aromatic rings. The number of likely N-dealkylation sites (tertiary alicyclic amines) is 1. The second kappa shape index (κ2) is 10.1. The molecule has 1 fully saturated rings. The highest BCUT2D eigenvalue weighted by molar-refractivity contribution is 5.83. The maximum atomic E-state index is 13.2. The third-order valence-electron chi connectivity index (χ3n) is 5.36. The van der Waals surface area contributed by atoms with Crippen molar-refractivity contribution in [3.05, 3.63) is 53.9 Å². The Morgan fingerprint density at radius 3 is 2.58 bits per heavy atom. The first-order chi connectivity index (χ1) is 14.9. The summed E-state index contributed by atoms with van der Waals surface area (Å²) < 4.78 is 11.0. The Kier molecular flexibility index (Phi) is 7.33. The van der Waals surface area contributed by atoms with Gasteiger partial charge in [-0.15, -0.1) is 0 Å². The average molecular weight is 427 g/mol. The van der Waals surface area contributed by atoms with Gasteiger partial charge in [-0.3, -0.25) is 9.78 Å². The molecular weight excluding hydrogens is 396 g/mol. The summed E-state index contributed by atoms with van der Waals surface area (Å²) >= 11 is 0. The maximum Gasteiger partial charge on any atom is 0.317 e. The van der Waals surface area contributed by atoms with E-state index in [1.54, 1.807) is 25.3 Å². The van der Waals surface area contributed by atoms with E-state index < -0.39 is 5.92 Å². The van der Waals surface area contributed by atoms with Gasteiger partial charge < -0.3 is 25.0 Å². The number of urea groups is 1. The topological polar surface area (TPSA) is 92.8 Å². The number of benzene rings is 1. The number of methoxy groups -OCH3 is 2. The van der Waals surface area contributed by atoms with Crippen LogP contribution < -0.4 is 20.1 Å². The average Bonchev–Trinajstić information content (AvgIpc) is 3.22. The van der Waals surface area contributed by atoms with Crippen LogP contribution in [0.4, 0.5) is 4.79 Å². The van der Waals surface area contributed by atoms with Gasteiger partial charge in [0.15, 0.2) is 11.5 Å². The van der Waals surface area contributed by atoms with E-state index in [-0.39, 0.29) is 23.9 Å². The summed E-state index contributed by atoms with van der Waals surface area (Å²) in [5.41, 5.74) is 1.62. The molecule has 2 atom stereocenters. The fraction of sp³-hybridized carbons (Fsp3) is 0.435. The van der Waals surface area contributed by atoms with Crippen molar-refractivity contribution in [1.82, 2.24) is 20.5 Å². The Morgan fingerprint density at radius 1 is 1.13 bits per heavy atom. The number of ether oxygens (including phenoxy) is 2. The first kappa shape index (κ1) is 22.4. The van der Waals surface area contributed by atoms with Crippen molar-refractivity contribution in [2.45, 2.75) is 32.4 Å². The Bertz CT molecular complexity index is 904. The van der Waals surface area contributed by atoms with Gasteiger partial charge in [0.05, 0.1) is 32.4 Å². The fourth-order valence-corrected chi connectivity index (χ4v) is 3.90. The summed E-state index contributed by atoms with van der Waals surface area (Å²) in [4.78, 5) is 31.8. The molecule has 0 radical (unpaired) electrons. The van der Waals surface area contributed by atoms with E-state index in [1.807, 2.05) is 50.2 Å². The Labute approximate surface area is 182 Å². The number of para-hydroxylation sites is 1. The van der Waals surface area contributed by atoms with Gasteiger partial charge in [-0.2, -0.15) is 0 Å². The standard InChI is InChI=1S/C23H30N4O4/c1-15(2)26-23(29)27-13-18(17-9-7-10-20(30-3)21(17)31-4)19(14-27)22(28)25-12-16-8-5-6-11-24-16/h5-11,15,18-19H,12-14H2,1-4H3,(H,25,28)(H,26,29)/t18-,19+/m0/s1. The fourth-order valence-electron chi connectivity index (χ4n) is 3.90. The number of hydrogen-bond donors (Lipinski definition) is 2. The van der Waals surface area contributed by atoms with Crippen LogP contribution in [0.3, 0.4) is 0 Å². The van der Waals surface area contributed by atoms with Gasteiger partial charge in [-0.25, -0.2) is 4.79 Å². The molecular formula is C23H30N4O4. The van der Waals surface area contributed by atoms with Crippen LogP contribution in [0.2, 0.25) is 0 Å². The molecule has 0 unspecified atom stereocenters. The monoisotopic (exact) mass is 426 g/mol. The number of hydrogen-bond acceptors (Lipinski definition) is 5. The van der Waals surface area contributed by atoms with Gasteiger partial charge in [0.25, 0.3) is 0 Å². The van der Waals surface area contributed by atoms with Crippen molar-refractivity contribution in [1.29, 1.82) is 0 Å². The zero-order valence-electron chi connectivity index (χ0n) is 18.4. The van der Waals surface area contributed by atoms with Gasteiger partial charge in [-0.05, 0) is 32.0 Å². The van der Waals surface area contributed by atoms with Crippen molar-refractivity contribution in [2.24, 2.45) is 5.92 Å². The van der Waals surface area contributed by atoms with E-state index >= 15 is 0 Å². The minimum absolute atomic E-state index is 0.00865. The number of pyridine rings is 1. The minimum Gasteiger partial charge on any atom is -0.493 e. The highest BCUT2D eigenvalue weighted by Crippen LogP contribution is 2.42. The Balaban J connectivity index is 1.86. The van der Waals surface area contributed by atoms with Crippen LogP contribution in [0, 0.1) is 5.92 Å². The summed E-state index contributed by atoms with van der Waals surface area (Å²) in [5, 5.41) is 5.89. The van der Waals surface area contributed by atoms with E-state index in [0.29, 0.717) is 31.1 Å². The summed E-state index contributed by atoms with van der Waals surface area (Å²) in [7, 11) is 3.16. The molecule has 8 nitrogen and oxygen atoms in total. The molecule has 3 rings (SSSR count). The van der Waals surface area contributed by atoms with Gasteiger partial charge in [0, 0.05) is 36.8 Å². The van der Waals surface area contributed by atoms with E-state index in [2.05, 4.69) is 15.6 Å². The van der Waals surface area contributed by atoms with Crippen molar-refractivity contribution in [3.63, 3.8) is 0 Å². The van der Waals surface area contributed by atoms with Crippen LogP contribution in [-0.2, 0) is 11.3 Å². The number of amides is 3. The molecule has 166 valence electrons. The number of carbonyl (C=O) groups is 2. The van der Waals surface area contributed by atoms with Gasteiger partial charge in [0.1, 0.15) is 0 Å². The van der Waals surface area contributed by atoms with Crippen LogP contribution in [0.5, 0.6) is 11.5 Å². The highest BCUT2D eigenvalue weighted by Gasteiger charge is 2.42. The molecule has 2 N–H and O–H groups in total. The van der Waals surface area contributed by atoms with Crippen LogP contribution in [-0.4, -0.2) is 55.2 Å². The van der Waals surface area contributed by atoms with Gasteiger partial charge >= 0.3 is 6.03 Å². The third kappa shape index (κ3) is 5.25. The van der Waals surface area contributed by atoms with Gasteiger partial charge in [-0.1, -0.05) is 18.2 Å². The second-order valence-electron chi connectivity index (χ2n) is 7.84. The SMILES string of the molecule is COc1cccc([C@@H]2CN(C(=O)NC(C)C)C[C@H]2C(=O)NCc2ccccn2)c1OC. The molecule has 0 bridgehead atoms. The lowest BCUT2D eigenvalue weighted by Gasteiger charge is -2.21. The predicted molar refractivity (Wildman–Crippen MR) is 117 cm³/mol. The van der Waals surface area contributed by atoms with Crippen LogP contribution >= 0.6 is 0 Å². The quantitative estimate of drug-likeness (QED) is 0.710. The van der Waals surface area contributed by atoms with Gasteiger partial charge in [0.2, 0.25) is 5.91 Å². The third-order valence-corrected chi connectivity index (χ3v) is 5.36. The Morgan fingerprint density at radius 2 is 1.94 bits per heavy atom. The highest BCUT2D eigenvalue weighted by atomic mass is 16.5. The van der Waals surface area contributed by atoms with E-state index in [4.69, 9.17) is 9.47 Å². The molecule has 31 heavy (non-hydrogen) atoms. The molecule has 0 saturated carbocycles. The molecule has 1 saturated heterocycles. The number of rotatable bonds is 7. The smallest absolute Gasteiger partial charge is 0.317 e. The zero-order valence-corrected chi connectivity index (χ0v) is 18.4. The van der Waals surface area contributed by atoms with Crippen molar-refractivity contribution in [3.8, 4) is 11.5 Å². The zero-order chi connectivity index (χ0) is 22.4. The Hall–Kier alpha value is -3.29. The van der Waals surface area contributed by atoms with E-state index in [9.17, 15) is 9.59 Å². The molecule has 3 amide bonds. The summed E-state index contributed by atoms with van der Waals surface area (Å²) in [6.07, 6.45) is 1.69. The number of nitrogens with one attached hydrogen (secondary N) is 2. The predicted octanol–water partition coefficient (Wildman–Crippen LogP) is 2.55. The number of carbonyl (C=O) groups excluding carboxylic acids is 2. The lowest BCUT2D eigenvalue weighted by Crippen LogP contribution is -2.42. The van der Waals surface area contributed by atoms with Crippen molar-refractivity contribution < 1.29 is 19.1 Å². The van der Waals surface area contributed by atoms with E-state index in [0.717, 1.165) is 11.3 Å². The lowest BCUT2D eigenvalue weighted by atomic mass is 9.87. The normalized spacial score (nSPS) is 18.0. The summed E-state index contributed by atoms with van der Waals surface area (Å²) in [6.45, 7) is 4.87. The van der Waals surface area contributed by atoms with E-state index in [1.165, 1.54) is 0 Å². The first-order valence-corrected chi connectivity index (χ1v) is 10.4. The largest absolute Gasteiger partial charge is 0.493 e. The lowest BCUT2D eigenvalue weighted by molar-refractivity contribution is -0.125. The number of nitrogens with zero attached hydrogens (tertiary/aromatic N) is 2. The summed E-state index contributed by atoms with van der Waals surface area (Å²) in [5.74, 6) is 0.399. The molecule has 8 heteroatoms. The van der Waals surface area contributed by atoms with Crippen LogP contribution in [0.25, 0.3) is 0 Å². The maximum absolute atomic E-state index is 13.2. The molecule has 1 aromatic carbocycles. The van der Waals surface area contributed by atoms with Crippen molar-refractivity contribution >= 4 is 11.9 Å². The minimum atomic E-state index is -0.428. The molecule has 1 aliphatic rings. The van der Waals surface area contributed by atoms with Crippen molar-refractivity contribution in [2.75, 3.05) is 27.3 Å². The number of aromatic nitrogens is 1. The molecule has 1 aliphatic heterocycles. The van der Waals surface area contributed by atoms with Crippen LogP contribution in [0.15, 0.2) is 42.6 Å². The molecule has 2 heterocycles.